The third-order valence-corrected chi connectivity index (χ3v) is 13.9. The second-order valence-electron chi connectivity index (χ2n) is 21.2. The first-order valence-electron chi connectivity index (χ1n) is 24.5. The first-order valence-corrected chi connectivity index (χ1v) is 24.5. The van der Waals surface area contributed by atoms with Crippen LogP contribution < -0.4 is 10.6 Å². The average molecular weight is 822 g/mol. The van der Waals surface area contributed by atoms with E-state index in [1.165, 1.54) is 119 Å². The Bertz CT molecular complexity index is 1240. The number of hydrogen-bond donors (Lipinski definition) is 2. The molecule has 59 heavy (non-hydrogen) atoms. The summed E-state index contributed by atoms with van der Waals surface area (Å²) in [6, 6.07) is 2.89. The standard InChI is InChI=1S/4C11H21N.C10H19N/c1-8(2)10-5-11(9(3)4)7-12-6-10;1-9(2)11-5-7-12(8-6-11)10(3)4;1-8(2)10-5-6-11(9(3)4)12-7-10;1-9(2)11-6-5-7-12(8-11)10(3)4;1-8(2)10-5-6-11(7-10)9(3)4/h8,10,12H,5-7H2,1-4H3;10H,5-8H2,1-4H3;9,11-12H,5-7H2,1-4H3;10H,5-8H2,1-4H3;9H,5-7H2,1-4H3. The summed E-state index contributed by atoms with van der Waals surface area (Å²) in [6.45, 7) is 56.1. The van der Waals surface area contributed by atoms with Gasteiger partial charge >= 0.3 is 0 Å². The maximum atomic E-state index is 3.59. The summed E-state index contributed by atoms with van der Waals surface area (Å²) in [5.41, 5.74) is 15.8. The van der Waals surface area contributed by atoms with Crippen LogP contribution in [-0.2, 0) is 0 Å². The molecule has 5 heteroatoms. The highest BCUT2D eigenvalue weighted by Crippen LogP contribution is 2.25. The number of hydrogen-bond acceptors (Lipinski definition) is 5. The van der Waals surface area contributed by atoms with E-state index < -0.39 is 0 Å². The van der Waals surface area contributed by atoms with E-state index in [-0.39, 0.29) is 0 Å². The van der Waals surface area contributed by atoms with Crippen molar-refractivity contribution in [1.29, 1.82) is 0 Å². The Hall–Kier alpha value is -1.50. The number of allylic oxidation sites excluding steroid dienone is 5. The van der Waals surface area contributed by atoms with Gasteiger partial charge in [0, 0.05) is 70.0 Å². The highest BCUT2D eigenvalue weighted by molar-refractivity contribution is 5.17. The number of nitrogens with one attached hydrogen (secondary N) is 2. The molecule has 5 saturated heterocycles. The molecule has 0 aromatic carbocycles. The Morgan fingerprint density at radius 3 is 1.27 bits per heavy atom. The predicted molar refractivity (Wildman–Crippen MR) is 267 cm³/mol. The molecule has 0 radical (unpaired) electrons. The van der Waals surface area contributed by atoms with Crippen molar-refractivity contribution in [2.45, 2.75) is 214 Å². The molecule has 0 saturated carbocycles. The van der Waals surface area contributed by atoms with E-state index in [4.69, 9.17) is 0 Å². The number of nitrogens with zero attached hydrogens (tertiary/aromatic N) is 3. The van der Waals surface area contributed by atoms with Crippen LogP contribution in [0.4, 0.5) is 0 Å². The number of piperidine rings is 4. The molecule has 5 rings (SSSR count). The summed E-state index contributed by atoms with van der Waals surface area (Å²) >= 11 is 0. The highest BCUT2D eigenvalue weighted by Gasteiger charge is 2.22. The summed E-state index contributed by atoms with van der Waals surface area (Å²) in [7, 11) is 0. The third kappa shape index (κ3) is 21.9. The van der Waals surface area contributed by atoms with Crippen molar-refractivity contribution in [1.82, 2.24) is 25.3 Å². The van der Waals surface area contributed by atoms with Crippen LogP contribution in [0.3, 0.4) is 0 Å². The van der Waals surface area contributed by atoms with E-state index in [9.17, 15) is 0 Å². The minimum absolute atomic E-state index is 0.708. The smallest absolute Gasteiger partial charge is 0.0198 e. The van der Waals surface area contributed by atoms with Crippen LogP contribution in [0.1, 0.15) is 190 Å². The number of rotatable bonds is 5. The van der Waals surface area contributed by atoms with Gasteiger partial charge in [0.15, 0.2) is 0 Å². The minimum Gasteiger partial charge on any atom is -0.313 e. The molecule has 0 spiro atoms. The zero-order valence-electron chi connectivity index (χ0n) is 43.4. The second-order valence-corrected chi connectivity index (χ2v) is 21.2. The first-order chi connectivity index (χ1) is 27.5. The van der Waals surface area contributed by atoms with Crippen molar-refractivity contribution in [3.05, 3.63) is 55.7 Å². The molecule has 5 fully saturated rings. The molecule has 0 amide bonds. The Morgan fingerprint density at radius 2 is 0.898 bits per heavy atom. The molecule has 2 N–H and O–H groups in total. The van der Waals surface area contributed by atoms with E-state index in [2.05, 4.69) is 164 Å². The van der Waals surface area contributed by atoms with Crippen LogP contribution in [-0.4, -0.2) is 97.8 Å². The maximum absolute atomic E-state index is 3.59. The van der Waals surface area contributed by atoms with Gasteiger partial charge in [-0.2, -0.15) is 0 Å². The quantitative estimate of drug-likeness (QED) is 0.270. The van der Waals surface area contributed by atoms with Crippen molar-refractivity contribution < 1.29 is 0 Å². The van der Waals surface area contributed by atoms with Crippen molar-refractivity contribution in [3.8, 4) is 0 Å². The van der Waals surface area contributed by atoms with Gasteiger partial charge in [0.25, 0.3) is 0 Å². The zero-order chi connectivity index (χ0) is 45.0. The highest BCUT2D eigenvalue weighted by atomic mass is 15.2. The lowest BCUT2D eigenvalue weighted by atomic mass is 9.85. The van der Waals surface area contributed by atoms with Crippen LogP contribution >= 0.6 is 0 Å². The molecule has 2 unspecified atom stereocenters. The monoisotopic (exact) mass is 822 g/mol. The largest absolute Gasteiger partial charge is 0.313 e. The van der Waals surface area contributed by atoms with Crippen molar-refractivity contribution in [2.24, 2.45) is 17.8 Å². The fraction of sp³-hybridized carbons (Fsp3) is 0.815. The molecule has 5 aliphatic rings. The molecule has 5 heterocycles. The zero-order valence-corrected chi connectivity index (χ0v) is 43.4. The summed E-state index contributed by atoms with van der Waals surface area (Å²) in [5.74, 6) is 2.44. The minimum atomic E-state index is 0.708. The van der Waals surface area contributed by atoms with Crippen LogP contribution in [0, 0.1) is 17.8 Å². The average Bonchev–Trinajstić information content (AvgIpc) is 3.71. The molecule has 5 nitrogen and oxygen atoms in total. The van der Waals surface area contributed by atoms with E-state index >= 15 is 0 Å². The second kappa shape index (κ2) is 29.0. The van der Waals surface area contributed by atoms with E-state index in [0.717, 1.165) is 42.9 Å². The van der Waals surface area contributed by atoms with Crippen molar-refractivity contribution in [2.75, 3.05) is 58.9 Å². The SMILES string of the molecule is CC(C)=C1CCC(C(C)C)NC1.CC(C)=C1CCCN(C(C)C)C1.CC(C)=C1CCN(C(C)C)C1.CC(C)=C1CCN(C(C)C)CC1.CC(C)=C1CNCC(C(C)C)C1. The lowest BCUT2D eigenvalue weighted by Gasteiger charge is -2.32. The van der Waals surface area contributed by atoms with E-state index in [0.29, 0.717) is 12.1 Å². The fourth-order valence-electron chi connectivity index (χ4n) is 8.58. The summed E-state index contributed by atoms with van der Waals surface area (Å²) in [4.78, 5) is 7.65. The molecular weight excluding hydrogens is 719 g/mol. The summed E-state index contributed by atoms with van der Waals surface area (Å²) < 4.78 is 0. The predicted octanol–water partition coefficient (Wildman–Crippen LogP) is 13.4. The molecule has 0 bridgehead atoms. The van der Waals surface area contributed by atoms with Crippen LogP contribution in [0.2, 0.25) is 0 Å². The third-order valence-electron chi connectivity index (χ3n) is 13.9. The van der Waals surface area contributed by atoms with Gasteiger partial charge in [0.1, 0.15) is 0 Å². The van der Waals surface area contributed by atoms with E-state index in [1.807, 2.05) is 0 Å². The molecule has 0 aliphatic carbocycles. The summed E-state index contributed by atoms with van der Waals surface area (Å²) in [6.07, 6.45) is 10.5. The van der Waals surface area contributed by atoms with Gasteiger partial charge in [0.2, 0.25) is 0 Å². The summed E-state index contributed by atoms with van der Waals surface area (Å²) in [5, 5.41) is 7.08. The van der Waals surface area contributed by atoms with Crippen LogP contribution in [0.25, 0.3) is 0 Å². The number of likely N-dealkylation sites (tertiary alicyclic amines) is 3. The van der Waals surface area contributed by atoms with Gasteiger partial charge in [0.05, 0.1) is 0 Å². The molecule has 0 aromatic rings. The van der Waals surface area contributed by atoms with Crippen LogP contribution in [0.15, 0.2) is 55.7 Å². The molecule has 344 valence electrons. The molecule has 2 atom stereocenters. The van der Waals surface area contributed by atoms with Gasteiger partial charge in [-0.25, -0.2) is 0 Å². The van der Waals surface area contributed by atoms with E-state index in [1.54, 1.807) is 33.4 Å². The Labute approximate surface area is 370 Å². The van der Waals surface area contributed by atoms with Gasteiger partial charge in [-0.3, -0.25) is 9.80 Å². The normalized spacial score (nSPS) is 22.0. The Morgan fingerprint density at radius 1 is 0.458 bits per heavy atom. The van der Waals surface area contributed by atoms with Gasteiger partial charge in [-0.05, 0) is 193 Å². The Balaban J connectivity index is 0.000000369. The molecule has 0 aromatic heterocycles. The molecule has 5 aliphatic heterocycles. The van der Waals surface area contributed by atoms with Gasteiger partial charge < -0.3 is 15.5 Å². The lowest BCUT2D eigenvalue weighted by molar-refractivity contribution is 0.207. The van der Waals surface area contributed by atoms with Gasteiger partial charge in [-0.1, -0.05) is 83.4 Å². The van der Waals surface area contributed by atoms with Crippen molar-refractivity contribution in [3.63, 3.8) is 0 Å². The lowest BCUT2D eigenvalue weighted by Crippen LogP contribution is -2.39. The fourth-order valence-corrected chi connectivity index (χ4v) is 8.58. The van der Waals surface area contributed by atoms with Crippen LogP contribution in [0.5, 0.6) is 0 Å². The maximum Gasteiger partial charge on any atom is 0.0198 e. The van der Waals surface area contributed by atoms with Gasteiger partial charge in [-0.15, -0.1) is 0 Å². The molecular formula is C54H103N5. The first kappa shape index (κ1) is 55.5. The Kier molecular flexibility index (Phi) is 27.3. The topological polar surface area (TPSA) is 33.8 Å². The van der Waals surface area contributed by atoms with Crippen molar-refractivity contribution >= 4 is 0 Å².